The van der Waals surface area contributed by atoms with E-state index in [1.165, 1.54) is 44.9 Å². The lowest BCUT2D eigenvalue weighted by molar-refractivity contribution is -0.137. The Morgan fingerprint density at radius 3 is 2.69 bits per heavy atom. The van der Waals surface area contributed by atoms with E-state index >= 15 is 0 Å². The molecule has 3 aliphatic carbocycles. The van der Waals surface area contributed by atoms with Gasteiger partial charge in [0.2, 0.25) is 0 Å². The second-order valence-electron chi connectivity index (χ2n) is 9.45. The highest BCUT2D eigenvalue weighted by Crippen LogP contribution is 2.65. The fourth-order valence-corrected chi connectivity index (χ4v) is 6.46. The lowest BCUT2D eigenvalue weighted by Crippen LogP contribution is -2.51. The van der Waals surface area contributed by atoms with Crippen molar-refractivity contribution in [3.8, 4) is 0 Å². The first-order chi connectivity index (χ1) is 12.3. The third kappa shape index (κ3) is 3.10. The number of esters is 1. The molecule has 144 valence electrons. The van der Waals surface area contributed by atoms with Gasteiger partial charge < -0.3 is 4.74 Å². The van der Waals surface area contributed by atoms with E-state index in [-0.39, 0.29) is 22.2 Å². The monoisotopic (exact) mass is 356 g/mol. The number of rotatable bonds is 4. The molecule has 0 aliphatic heterocycles. The zero-order chi connectivity index (χ0) is 19.0. The van der Waals surface area contributed by atoms with E-state index < -0.39 is 0 Å². The molecule has 0 heterocycles. The molecule has 0 spiro atoms. The van der Waals surface area contributed by atoms with E-state index in [2.05, 4.69) is 45.6 Å². The second kappa shape index (κ2) is 7.02. The van der Waals surface area contributed by atoms with Crippen LogP contribution in [0.1, 0.15) is 72.6 Å². The van der Waals surface area contributed by atoms with Gasteiger partial charge in [-0.1, -0.05) is 51.0 Å². The summed E-state index contributed by atoms with van der Waals surface area (Å²) in [5, 5.41) is 0. The van der Waals surface area contributed by atoms with E-state index in [9.17, 15) is 4.79 Å². The van der Waals surface area contributed by atoms with Gasteiger partial charge in [-0.3, -0.25) is 0 Å². The fraction of sp³-hybridized carbons (Fsp3) is 0.708. The first-order valence-electron chi connectivity index (χ1n) is 10.5. The van der Waals surface area contributed by atoms with E-state index in [1.807, 2.05) is 6.92 Å². The quantitative estimate of drug-likeness (QED) is 0.338. The summed E-state index contributed by atoms with van der Waals surface area (Å²) >= 11 is 0. The molecule has 0 aromatic heterocycles. The molecule has 5 atom stereocenters. The summed E-state index contributed by atoms with van der Waals surface area (Å²) < 4.78 is 5.12. The molecule has 0 bridgehead atoms. The smallest absolute Gasteiger partial charge is 0.330 e. The van der Waals surface area contributed by atoms with Gasteiger partial charge in [0, 0.05) is 6.08 Å². The van der Waals surface area contributed by atoms with E-state index in [4.69, 9.17) is 4.74 Å². The Kier molecular flexibility index (Phi) is 5.25. The van der Waals surface area contributed by atoms with Crippen LogP contribution in [0.5, 0.6) is 0 Å². The Hall–Kier alpha value is -1.31. The van der Waals surface area contributed by atoms with Gasteiger partial charge in [-0.05, 0) is 73.5 Å². The normalized spacial score (nSPS) is 42.5. The van der Waals surface area contributed by atoms with Crippen molar-refractivity contribution in [1.82, 2.24) is 0 Å². The zero-order valence-electron chi connectivity index (χ0n) is 17.1. The van der Waals surface area contributed by atoms with E-state index in [0.717, 1.165) is 0 Å². The average Bonchev–Trinajstić information content (AvgIpc) is 2.61. The van der Waals surface area contributed by atoms with Crippen molar-refractivity contribution in [2.24, 2.45) is 28.1 Å². The van der Waals surface area contributed by atoms with Crippen LogP contribution >= 0.6 is 0 Å². The maximum Gasteiger partial charge on any atom is 0.330 e. The van der Waals surface area contributed by atoms with Crippen LogP contribution in [0.3, 0.4) is 0 Å². The number of allylic oxidation sites excluding steroid dienone is 4. The number of ether oxygens (including phenoxy) is 1. The molecular formula is C24H36O2. The van der Waals surface area contributed by atoms with Crippen molar-refractivity contribution in [3.05, 3.63) is 36.5 Å². The summed E-state index contributed by atoms with van der Waals surface area (Å²) in [4.78, 5) is 11.9. The summed E-state index contributed by atoms with van der Waals surface area (Å²) in [5.74, 6) is 1.04. The molecule has 0 amide bonds. The molecule has 2 nitrogen and oxygen atoms in total. The maximum absolute atomic E-state index is 11.9. The van der Waals surface area contributed by atoms with Gasteiger partial charge in [-0.25, -0.2) is 4.79 Å². The molecule has 2 heteroatoms. The molecule has 0 aromatic carbocycles. The highest BCUT2D eigenvalue weighted by Gasteiger charge is 2.55. The minimum atomic E-state index is -0.203. The van der Waals surface area contributed by atoms with Crippen LogP contribution < -0.4 is 0 Å². The van der Waals surface area contributed by atoms with Crippen LogP contribution in [0.2, 0.25) is 0 Å². The van der Waals surface area contributed by atoms with Crippen molar-refractivity contribution < 1.29 is 9.53 Å². The predicted octanol–water partition coefficient (Wildman–Crippen LogP) is 6.24. The molecule has 0 N–H and O–H groups in total. The standard InChI is InChI=1S/C24H36O2/c1-6-22(3)14-8-10-19-18(22)11-12-20-23(4,15-9-16-24(19,20)5)17-13-21(25)26-7-2/h6,10,13,17-18,20H,1,7-9,11-12,14-16H2,2-5H3/b17-13+/t18?,20?,22-,23-,24-/m0/s1. The second-order valence-corrected chi connectivity index (χ2v) is 9.45. The Labute approximate surface area is 159 Å². The van der Waals surface area contributed by atoms with Crippen molar-refractivity contribution in [3.63, 3.8) is 0 Å². The summed E-state index contributed by atoms with van der Waals surface area (Å²) in [5.41, 5.74) is 2.26. The van der Waals surface area contributed by atoms with Gasteiger partial charge in [0.15, 0.2) is 0 Å². The van der Waals surface area contributed by atoms with Crippen LogP contribution in [0.15, 0.2) is 36.5 Å². The Balaban J connectivity index is 1.92. The molecule has 26 heavy (non-hydrogen) atoms. The minimum Gasteiger partial charge on any atom is -0.463 e. The fourth-order valence-electron chi connectivity index (χ4n) is 6.46. The topological polar surface area (TPSA) is 26.3 Å². The molecule has 3 rings (SSSR count). The molecule has 0 aromatic rings. The molecular weight excluding hydrogens is 320 g/mol. The highest BCUT2D eigenvalue weighted by atomic mass is 16.5. The third-order valence-corrected chi connectivity index (χ3v) is 7.95. The molecule has 2 unspecified atom stereocenters. The number of hydrogen-bond acceptors (Lipinski definition) is 2. The Morgan fingerprint density at radius 2 is 2.00 bits per heavy atom. The van der Waals surface area contributed by atoms with Crippen LogP contribution in [-0.2, 0) is 9.53 Å². The van der Waals surface area contributed by atoms with Gasteiger partial charge >= 0.3 is 5.97 Å². The average molecular weight is 357 g/mol. The minimum absolute atomic E-state index is 0.0770. The molecule has 2 saturated carbocycles. The molecule has 0 radical (unpaired) electrons. The summed E-state index contributed by atoms with van der Waals surface area (Å²) in [7, 11) is 0. The molecule has 2 fully saturated rings. The maximum atomic E-state index is 11.9. The SMILES string of the molecule is C=C[C@@]1(C)CCC=C2C1CCC1[C@@]2(C)CCC[C@@]1(C)/C=C/C(=O)OCC. The van der Waals surface area contributed by atoms with Crippen molar-refractivity contribution in [2.45, 2.75) is 72.6 Å². The van der Waals surface area contributed by atoms with E-state index in [0.29, 0.717) is 18.4 Å². The van der Waals surface area contributed by atoms with Gasteiger partial charge in [0.25, 0.3) is 0 Å². The van der Waals surface area contributed by atoms with Crippen LogP contribution in [0, 0.1) is 28.1 Å². The predicted molar refractivity (Wildman–Crippen MR) is 108 cm³/mol. The zero-order valence-corrected chi connectivity index (χ0v) is 17.1. The van der Waals surface area contributed by atoms with Crippen LogP contribution in [-0.4, -0.2) is 12.6 Å². The number of carbonyl (C=O) groups excluding carboxylic acids is 1. The van der Waals surface area contributed by atoms with Gasteiger partial charge in [0.1, 0.15) is 0 Å². The van der Waals surface area contributed by atoms with Crippen molar-refractivity contribution in [2.75, 3.05) is 6.61 Å². The van der Waals surface area contributed by atoms with Crippen molar-refractivity contribution in [1.29, 1.82) is 0 Å². The van der Waals surface area contributed by atoms with Crippen LogP contribution in [0.25, 0.3) is 0 Å². The third-order valence-electron chi connectivity index (χ3n) is 7.95. The van der Waals surface area contributed by atoms with E-state index in [1.54, 1.807) is 11.6 Å². The summed E-state index contributed by atoms with van der Waals surface area (Å²) in [6, 6.07) is 0. The first-order valence-corrected chi connectivity index (χ1v) is 10.5. The number of fused-ring (bicyclic) bond motifs is 3. The first kappa shape index (κ1) is 19.5. The lowest BCUT2D eigenvalue weighted by Gasteiger charge is -2.60. The Bertz CT molecular complexity index is 630. The largest absolute Gasteiger partial charge is 0.463 e. The molecule has 3 aliphatic rings. The molecule has 0 saturated heterocycles. The van der Waals surface area contributed by atoms with Gasteiger partial charge in [-0.2, -0.15) is 0 Å². The van der Waals surface area contributed by atoms with Crippen LogP contribution in [0.4, 0.5) is 0 Å². The van der Waals surface area contributed by atoms with Crippen molar-refractivity contribution >= 4 is 5.97 Å². The lowest BCUT2D eigenvalue weighted by atomic mass is 9.44. The summed E-state index contributed by atoms with van der Waals surface area (Å²) in [6.45, 7) is 13.7. The summed E-state index contributed by atoms with van der Waals surface area (Å²) in [6.07, 6.45) is 17.2. The van der Waals surface area contributed by atoms with Gasteiger partial charge in [-0.15, -0.1) is 6.58 Å². The number of hydrogen-bond donors (Lipinski definition) is 0. The number of carbonyl (C=O) groups is 1. The van der Waals surface area contributed by atoms with Gasteiger partial charge in [0.05, 0.1) is 6.61 Å². The highest BCUT2D eigenvalue weighted by molar-refractivity contribution is 5.82. The Morgan fingerprint density at radius 1 is 1.23 bits per heavy atom.